The average Bonchev–Trinajstić information content (AvgIpc) is 2.63. The molecule has 0 saturated carbocycles. The van der Waals surface area contributed by atoms with Crippen LogP contribution < -0.4 is 15.4 Å². The third-order valence-electron chi connectivity index (χ3n) is 4.58. The zero-order chi connectivity index (χ0) is 17.9. The van der Waals surface area contributed by atoms with E-state index in [0.717, 1.165) is 42.7 Å². The molecule has 1 aliphatic heterocycles. The summed E-state index contributed by atoms with van der Waals surface area (Å²) in [5.74, 6) is 2.61. The summed E-state index contributed by atoms with van der Waals surface area (Å²) in [4.78, 5) is 7.27. The highest BCUT2D eigenvalue weighted by atomic mass is 127. The summed E-state index contributed by atoms with van der Waals surface area (Å²) >= 11 is 0. The molecule has 5 nitrogen and oxygen atoms in total. The number of likely N-dealkylation sites (tertiary alicyclic amines) is 1. The van der Waals surface area contributed by atoms with Crippen LogP contribution in [0.5, 0.6) is 5.75 Å². The lowest BCUT2D eigenvalue weighted by Gasteiger charge is -2.30. The van der Waals surface area contributed by atoms with E-state index in [1.54, 1.807) is 7.11 Å². The molecule has 1 heterocycles. The van der Waals surface area contributed by atoms with Crippen molar-refractivity contribution in [3.05, 3.63) is 29.8 Å². The molecule has 1 atom stereocenters. The molecule has 0 aromatic heterocycles. The van der Waals surface area contributed by atoms with Crippen molar-refractivity contribution >= 4 is 29.9 Å². The maximum Gasteiger partial charge on any atom is 0.191 e. The van der Waals surface area contributed by atoms with Crippen LogP contribution in [0.25, 0.3) is 0 Å². The van der Waals surface area contributed by atoms with Crippen LogP contribution in [0.2, 0.25) is 0 Å². The number of hydrogen-bond donors (Lipinski definition) is 2. The summed E-state index contributed by atoms with van der Waals surface area (Å²) in [6.07, 6.45) is 3.88. The second kappa shape index (κ2) is 13.2. The predicted molar refractivity (Wildman–Crippen MR) is 121 cm³/mol. The molecule has 1 fully saturated rings. The Bertz CT molecular complexity index is 538. The van der Waals surface area contributed by atoms with E-state index in [1.807, 2.05) is 18.2 Å². The van der Waals surface area contributed by atoms with Crippen LogP contribution in [-0.2, 0) is 6.54 Å². The Morgan fingerprint density at radius 3 is 2.92 bits per heavy atom. The van der Waals surface area contributed by atoms with Gasteiger partial charge in [0.05, 0.1) is 13.7 Å². The normalized spacial score (nSPS) is 18.1. The number of ether oxygens (including phenoxy) is 1. The first-order valence-electron chi connectivity index (χ1n) is 9.58. The number of guanidine groups is 1. The van der Waals surface area contributed by atoms with Gasteiger partial charge in [-0.2, -0.15) is 0 Å². The number of aliphatic imine (C=N–C) groups is 1. The fraction of sp³-hybridized carbons (Fsp3) is 0.650. The van der Waals surface area contributed by atoms with Gasteiger partial charge in [0.15, 0.2) is 5.96 Å². The van der Waals surface area contributed by atoms with Gasteiger partial charge in [0.2, 0.25) is 0 Å². The summed E-state index contributed by atoms with van der Waals surface area (Å²) in [6, 6.07) is 8.07. The minimum absolute atomic E-state index is 0. The molecule has 2 N–H and O–H groups in total. The number of rotatable bonds is 8. The number of halogens is 1. The summed E-state index contributed by atoms with van der Waals surface area (Å²) in [7, 11) is 1.69. The second-order valence-electron chi connectivity index (χ2n) is 6.88. The smallest absolute Gasteiger partial charge is 0.191 e. The van der Waals surface area contributed by atoms with E-state index in [1.165, 1.54) is 32.5 Å². The van der Waals surface area contributed by atoms with E-state index >= 15 is 0 Å². The molecule has 1 aromatic rings. The second-order valence-corrected chi connectivity index (χ2v) is 6.88. The largest absolute Gasteiger partial charge is 0.497 e. The first-order chi connectivity index (χ1) is 12.2. The molecular weight excluding hydrogens is 439 g/mol. The maximum atomic E-state index is 5.27. The van der Waals surface area contributed by atoms with Crippen LogP contribution in [0.3, 0.4) is 0 Å². The average molecular weight is 474 g/mol. The quantitative estimate of drug-likeness (QED) is 0.262. The van der Waals surface area contributed by atoms with Crippen molar-refractivity contribution in [2.24, 2.45) is 10.9 Å². The zero-order valence-corrected chi connectivity index (χ0v) is 18.8. The van der Waals surface area contributed by atoms with Crippen LogP contribution in [0.15, 0.2) is 29.3 Å². The fourth-order valence-electron chi connectivity index (χ4n) is 3.28. The first kappa shape index (κ1) is 23.0. The van der Waals surface area contributed by atoms with Gasteiger partial charge in [-0.25, -0.2) is 4.99 Å². The van der Waals surface area contributed by atoms with Gasteiger partial charge >= 0.3 is 0 Å². The predicted octanol–water partition coefficient (Wildman–Crippen LogP) is 3.49. The van der Waals surface area contributed by atoms with Crippen LogP contribution in [0.4, 0.5) is 0 Å². The molecule has 1 aromatic carbocycles. The Labute approximate surface area is 176 Å². The standard InChI is InChI=1S/C20H34N4O.HI/c1-4-21-20(23-15-18-9-5-10-19(14-18)25-3)22-11-7-13-24-12-6-8-17(2)16-24;/h5,9-10,14,17H,4,6-8,11-13,15-16H2,1-3H3,(H2,21,22,23);1H. The van der Waals surface area contributed by atoms with E-state index in [4.69, 9.17) is 4.74 Å². The lowest BCUT2D eigenvalue weighted by Crippen LogP contribution is -2.40. The molecule has 1 unspecified atom stereocenters. The summed E-state index contributed by atoms with van der Waals surface area (Å²) < 4.78 is 5.27. The Kier molecular flexibility index (Phi) is 11.7. The van der Waals surface area contributed by atoms with Crippen LogP contribution in [0, 0.1) is 5.92 Å². The monoisotopic (exact) mass is 474 g/mol. The highest BCUT2D eigenvalue weighted by Crippen LogP contribution is 2.15. The molecule has 2 rings (SSSR count). The van der Waals surface area contributed by atoms with Crippen molar-refractivity contribution in [2.45, 2.75) is 39.7 Å². The fourth-order valence-corrected chi connectivity index (χ4v) is 3.28. The Balaban J connectivity index is 0.00000338. The van der Waals surface area contributed by atoms with E-state index < -0.39 is 0 Å². The van der Waals surface area contributed by atoms with Gasteiger partial charge < -0.3 is 20.3 Å². The Hall–Kier alpha value is -1.02. The molecule has 0 aliphatic carbocycles. The molecular formula is C20H35IN4O. The molecule has 0 spiro atoms. The number of nitrogens with one attached hydrogen (secondary N) is 2. The minimum atomic E-state index is 0. The van der Waals surface area contributed by atoms with E-state index in [0.29, 0.717) is 6.54 Å². The van der Waals surface area contributed by atoms with Gasteiger partial charge in [-0.05, 0) is 62.9 Å². The molecule has 6 heteroatoms. The van der Waals surface area contributed by atoms with Gasteiger partial charge in [-0.1, -0.05) is 19.1 Å². The number of methoxy groups -OCH3 is 1. The van der Waals surface area contributed by atoms with Gasteiger partial charge in [-0.3, -0.25) is 0 Å². The van der Waals surface area contributed by atoms with Gasteiger partial charge in [0, 0.05) is 19.6 Å². The van der Waals surface area contributed by atoms with Crippen molar-refractivity contribution in [2.75, 3.05) is 39.8 Å². The maximum absolute atomic E-state index is 5.27. The lowest BCUT2D eigenvalue weighted by atomic mass is 10.0. The molecule has 0 radical (unpaired) electrons. The highest BCUT2D eigenvalue weighted by Gasteiger charge is 2.15. The molecule has 148 valence electrons. The van der Waals surface area contributed by atoms with Gasteiger partial charge in [0.25, 0.3) is 0 Å². The summed E-state index contributed by atoms with van der Waals surface area (Å²) in [5.41, 5.74) is 1.15. The number of nitrogens with zero attached hydrogens (tertiary/aromatic N) is 2. The number of benzene rings is 1. The summed E-state index contributed by atoms with van der Waals surface area (Å²) in [6.45, 7) is 10.6. The third kappa shape index (κ3) is 8.58. The Morgan fingerprint density at radius 2 is 2.19 bits per heavy atom. The number of hydrogen-bond acceptors (Lipinski definition) is 3. The van der Waals surface area contributed by atoms with Crippen molar-refractivity contribution < 1.29 is 4.74 Å². The first-order valence-corrected chi connectivity index (χ1v) is 9.58. The third-order valence-corrected chi connectivity index (χ3v) is 4.58. The van der Waals surface area contributed by atoms with E-state index in [9.17, 15) is 0 Å². The topological polar surface area (TPSA) is 48.9 Å². The van der Waals surface area contributed by atoms with Crippen molar-refractivity contribution in [1.29, 1.82) is 0 Å². The van der Waals surface area contributed by atoms with Crippen molar-refractivity contribution in [3.8, 4) is 5.75 Å². The molecule has 1 aliphatic rings. The zero-order valence-electron chi connectivity index (χ0n) is 16.5. The molecule has 0 bridgehead atoms. The lowest BCUT2D eigenvalue weighted by molar-refractivity contribution is 0.182. The van der Waals surface area contributed by atoms with Crippen molar-refractivity contribution in [1.82, 2.24) is 15.5 Å². The molecule has 26 heavy (non-hydrogen) atoms. The van der Waals surface area contributed by atoms with Crippen LogP contribution in [0.1, 0.15) is 38.7 Å². The van der Waals surface area contributed by atoms with Gasteiger partial charge in [0.1, 0.15) is 5.75 Å². The molecule has 1 saturated heterocycles. The van der Waals surface area contributed by atoms with E-state index in [-0.39, 0.29) is 24.0 Å². The molecule has 0 amide bonds. The van der Waals surface area contributed by atoms with Crippen LogP contribution in [-0.4, -0.2) is 50.7 Å². The van der Waals surface area contributed by atoms with E-state index in [2.05, 4.69) is 40.4 Å². The highest BCUT2D eigenvalue weighted by molar-refractivity contribution is 14.0. The summed E-state index contributed by atoms with van der Waals surface area (Å²) in [5, 5.41) is 6.77. The van der Waals surface area contributed by atoms with Crippen LogP contribution >= 0.6 is 24.0 Å². The van der Waals surface area contributed by atoms with Crippen molar-refractivity contribution in [3.63, 3.8) is 0 Å². The SMILES string of the molecule is CCNC(=NCc1cccc(OC)c1)NCCCN1CCCC(C)C1.I. The minimum Gasteiger partial charge on any atom is -0.497 e. The Morgan fingerprint density at radius 1 is 1.35 bits per heavy atom. The van der Waals surface area contributed by atoms with Gasteiger partial charge in [-0.15, -0.1) is 24.0 Å². The number of piperidine rings is 1.